The van der Waals surface area contributed by atoms with Crippen LogP contribution in [0.5, 0.6) is 5.88 Å². The van der Waals surface area contributed by atoms with E-state index in [-0.39, 0.29) is 11.4 Å². The van der Waals surface area contributed by atoms with E-state index in [1.54, 1.807) is 19.9 Å². The van der Waals surface area contributed by atoms with Gasteiger partial charge in [0.05, 0.1) is 11.2 Å². The maximum absolute atomic E-state index is 11.0. The molecule has 0 aliphatic carbocycles. The Kier molecular flexibility index (Phi) is 1.89. The lowest BCUT2D eigenvalue weighted by Gasteiger charge is -1.99. The summed E-state index contributed by atoms with van der Waals surface area (Å²) in [6.07, 6.45) is 0. The normalized spacial score (nSPS) is 10.8. The third-order valence-electron chi connectivity index (χ3n) is 2.25. The molecule has 0 radical (unpaired) electrons. The molecular formula is C10H10N2O3. The molecule has 0 aliphatic rings. The lowest BCUT2D eigenvalue weighted by molar-refractivity contribution is 0.0698. The molecule has 78 valence electrons. The summed E-state index contributed by atoms with van der Waals surface area (Å²) in [7, 11) is 0. The summed E-state index contributed by atoms with van der Waals surface area (Å²) in [6.45, 7) is 3.39. The highest BCUT2D eigenvalue weighted by atomic mass is 16.4. The second-order valence-electron chi connectivity index (χ2n) is 3.45. The first-order valence-electron chi connectivity index (χ1n) is 4.43. The van der Waals surface area contributed by atoms with Gasteiger partial charge in [-0.15, -0.1) is 0 Å². The number of hydrogen-bond donors (Lipinski definition) is 2. The third-order valence-corrected chi connectivity index (χ3v) is 2.25. The SMILES string of the molecule is Cc1cc(O)n2nc(C)c(C(=O)O)c2c1. The van der Waals surface area contributed by atoms with Crippen LogP contribution in [0.4, 0.5) is 0 Å². The Morgan fingerprint density at radius 2 is 2.07 bits per heavy atom. The van der Waals surface area contributed by atoms with Crippen LogP contribution in [0.3, 0.4) is 0 Å². The van der Waals surface area contributed by atoms with Gasteiger partial charge in [-0.2, -0.15) is 5.10 Å². The van der Waals surface area contributed by atoms with Crippen molar-refractivity contribution < 1.29 is 15.0 Å². The molecule has 5 nitrogen and oxygen atoms in total. The van der Waals surface area contributed by atoms with Gasteiger partial charge in [-0.1, -0.05) is 0 Å². The number of rotatable bonds is 1. The average molecular weight is 206 g/mol. The number of nitrogens with zero attached hydrogens (tertiary/aromatic N) is 2. The molecular weight excluding hydrogens is 196 g/mol. The highest BCUT2D eigenvalue weighted by molar-refractivity contribution is 5.97. The van der Waals surface area contributed by atoms with E-state index in [0.29, 0.717) is 11.2 Å². The Labute approximate surface area is 85.6 Å². The van der Waals surface area contributed by atoms with Gasteiger partial charge in [0.1, 0.15) is 5.56 Å². The van der Waals surface area contributed by atoms with Crippen molar-refractivity contribution in [2.24, 2.45) is 0 Å². The second kappa shape index (κ2) is 2.98. The fourth-order valence-electron chi connectivity index (χ4n) is 1.64. The highest BCUT2D eigenvalue weighted by Crippen LogP contribution is 2.21. The van der Waals surface area contributed by atoms with E-state index in [1.807, 2.05) is 0 Å². The number of hydrogen-bond acceptors (Lipinski definition) is 3. The average Bonchev–Trinajstić information content (AvgIpc) is 2.41. The predicted molar refractivity (Wildman–Crippen MR) is 53.3 cm³/mol. The van der Waals surface area contributed by atoms with Gasteiger partial charge >= 0.3 is 5.97 Å². The zero-order chi connectivity index (χ0) is 11.2. The summed E-state index contributed by atoms with van der Waals surface area (Å²) >= 11 is 0. The maximum Gasteiger partial charge on any atom is 0.339 e. The topological polar surface area (TPSA) is 74.8 Å². The molecule has 0 amide bonds. The van der Waals surface area contributed by atoms with Gasteiger partial charge in [-0.05, 0) is 25.5 Å². The van der Waals surface area contributed by atoms with E-state index in [0.717, 1.165) is 5.56 Å². The molecule has 5 heteroatoms. The highest BCUT2D eigenvalue weighted by Gasteiger charge is 2.17. The van der Waals surface area contributed by atoms with Crippen LogP contribution in [0, 0.1) is 13.8 Å². The minimum Gasteiger partial charge on any atom is -0.493 e. The summed E-state index contributed by atoms with van der Waals surface area (Å²) < 4.78 is 1.23. The van der Waals surface area contributed by atoms with Gasteiger partial charge in [0.2, 0.25) is 5.88 Å². The summed E-state index contributed by atoms with van der Waals surface area (Å²) in [5.74, 6) is -1.09. The number of pyridine rings is 1. The molecule has 0 bridgehead atoms. The zero-order valence-corrected chi connectivity index (χ0v) is 8.35. The standard InChI is InChI=1S/C10H10N2O3/c1-5-3-7-9(10(14)15)6(2)11-12(7)8(13)4-5/h3-4,13H,1-2H3,(H,14,15). The molecule has 0 aromatic carbocycles. The number of aromatic carboxylic acids is 1. The Morgan fingerprint density at radius 3 is 2.67 bits per heavy atom. The number of carboxylic acids is 1. The quantitative estimate of drug-likeness (QED) is 0.738. The van der Waals surface area contributed by atoms with Crippen LogP contribution >= 0.6 is 0 Å². The van der Waals surface area contributed by atoms with Crippen LogP contribution in [0.1, 0.15) is 21.6 Å². The summed E-state index contributed by atoms with van der Waals surface area (Å²) in [5, 5.41) is 22.5. The van der Waals surface area contributed by atoms with Crippen LogP contribution < -0.4 is 0 Å². The first-order valence-corrected chi connectivity index (χ1v) is 4.43. The number of fused-ring (bicyclic) bond motifs is 1. The smallest absolute Gasteiger partial charge is 0.339 e. The lowest BCUT2D eigenvalue weighted by Crippen LogP contribution is -1.97. The van der Waals surface area contributed by atoms with Gasteiger partial charge in [-0.3, -0.25) is 0 Å². The van der Waals surface area contributed by atoms with E-state index in [2.05, 4.69) is 5.10 Å². The number of aromatic hydroxyl groups is 1. The summed E-state index contributed by atoms with van der Waals surface area (Å²) in [4.78, 5) is 11.0. The second-order valence-corrected chi connectivity index (χ2v) is 3.45. The molecule has 2 heterocycles. The van der Waals surface area contributed by atoms with Crippen molar-refractivity contribution in [1.29, 1.82) is 0 Å². The van der Waals surface area contributed by atoms with Crippen molar-refractivity contribution in [2.45, 2.75) is 13.8 Å². The minimum atomic E-state index is -1.03. The Bertz CT molecular complexity index is 557. The van der Waals surface area contributed by atoms with Crippen LogP contribution in [-0.2, 0) is 0 Å². The van der Waals surface area contributed by atoms with Crippen molar-refractivity contribution in [1.82, 2.24) is 9.61 Å². The molecule has 2 N–H and O–H groups in total. The number of aromatic nitrogens is 2. The van der Waals surface area contributed by atoms with Crippen LogP contribution in [-0.4, -0.2) is 25.8 Å². The fourth-order valence-corrected chi connectivity index (χ4v) is 1.64. The number of aryl methyl sites for hydroxylation is 2. The van der Waals surface area contributed by atoms with Gasteiger partial charge in [0.15, 0.2) is 0 Å². The Balaban J connectivity index is 2.93. The molecule has 0 atom stereocenters. The van der Waals surface area contributed by atoms with E-state index in [1.165, 1.54) is 10.6 Å². The molecule has 2 aromatic rings. The van der Waals surface area contributed by atoms with Gasteiger partial charge in [-0.25, -0.2) is 9.31 Å². The first kappa shape index (κ1) is 9.51. The van der Waals surface area contributed by atoms with Crippen molar-refractivity contribution in [3.63, 3.8) is 0 Å². The molecule has 15 heavy (non-hydrogen) atoms. The number of carboxylic acid groups (broad SMARTS) is 1. The van der Waals surface area contributed by atoms with Crippen molar-refractivity contribution in [3.05, 3.63) is 29.0 Å². The van der Waals surface area contributed by atoms with Crippen molar-refractivity contribution >= 4 is 11.5 Å². The van der Waals surface area contributed by atoms with Crippen LogP contribution in [0.25, 0.3) is 5.52 Å². The summed E-state index contributed by atoms with van der Waals surface area (Å²) in [6, 6.07) is 3.22. The lowest BCUT2D eigenvalue weighted by atomic mass is 10.2. The summed E-state index contributed by atoms with van der Waals surface area (Å²) in [5.41, 5.74) is 1.73. The minimum absolute atomic E-state index is 0.0550. The molecule has 2 aromatic heterocycles. The first-order chi connectivity index (χ1) is 7.00. The third kappa shape index (κ3) is 1.32. The molecule has 2 rings (SSSR count). The van der Waals surface area contributed by atoms with Gasteiger partial charge in [0.25, 0.3) is 0 Å². The Hall–Kier alpha value is -2.04. The molecule has 0 spiro atoms. The zero-order valence-electron chi connectivity index (χ0n) is 8.35. The largest absolute Gasteiger partial charge is 0.493 e. The maximum atomic E-state index is 11.0. The number of carbonyl (C=O) groups is 1. The monoisotopic (exact) mass is 206 g/mol. The van der Waals surface area contributed by atoms with E-state index < -0.39 is 5.97 Å². The van der Waals surface area contributed by atoms with Gasteiger partial charge in [0, 0.05) is 6.07 Å². The van der Waals surface area contributed by atoms with Crippen LogP contribution in [0.15, 0.2) is 12.1 Å². The molecule has 0 aliphatic heterocycles. The molecule has 0 fully saturated rings. The van der Waals surface area contributed by atoms with E-state index in [9.17, 15) is 9.90 Å². The van der Waals surface area contributed by atoms with E-state index >= 15 is 0 Å². The molecule has 0 saturated carbocycles. The molecule has 0 saturated heterocycles. The van der Waals surface area contributed by atoms with Crippen molar-refractivity contribution in [2.75, 3.05) is 0 Å². The molecule has 0 unspecified atom stereocenters. The van der Waals surface area contributed by atoms with Crippen molar-refractivity contribution in [3.8, 4) is 5.88 Å². The van der Waals surface area contributed by atoms with Gasteiger partial charge < -0.3 is 10.2 Å². The predicted octanol–water partition coefficient (Wildman–Crippen LogP) is 1.35. The van der Waals surface area contributed by atoms with E-state index in [4.69, 9.17) is 5.11 Å². The Morgan fingerprint density at radius 1 is 1.40 bits per heavy atom. The van der Waals surface area contributed by atoms with Crippen LogP contribution in [0.2, 0.25) is 0 Å². The fraction of sp³-hybridized carbons (Fsp3) is 0.200.